The summed E-state index contributed by atoms with van der Waals surface area (Å²) in [5.41, 5.74) is 8.64. The van der Waals surface area contributed by atoms with Crippen LogP contribution < -0.4 is 15.2 Å². The molecule has 152 valence electrons. The molecule has 0 amide bonds. The van der Waals surface area contributed by atoms with E-state index >= 15 is 0 Å². The molecule has 1 aromatic heterocycles. The van der Waals surface area contributed by atoms with E-state index in [1.165, 1.54) is 12.1 Å². The molecule has 8 heteroatoms. The van der Waals surface area contributed by atoms with E-state index in [4.69, 9.17) is 10.5 Å². The van der Waals surface area contributed by atoms with Crippen molar-refractivity contribution in [3.8, 4) is 17.1 Å². The Morgan fingerprint density at radius 1 is 1.07 bits per heavy atom. The Bertz CT molecular complexity index is 1110. The molecule has 0 saturated carbocycles. The van der Waals surface area contributed by atoms with Gasteiger partial charge in [0.15, 0.2) is 0 Å². The Hall–Kier alpha value is -3.13. The van der Waals surface area contributed by atoms with Crippen molar-refractivity contribution >= 4 is 21.7 Å². The largest absolute Gasteiger partial charge is 0.478 e. The lowest BCUT2D eigenvalue weighted by molar-refractivity contribution is 0.327. The standard InChI is InChI=1S/C21H24N4O3S/c1-4-28-20-13-19(18-11-6-5-10-17(18)14(2)3)23-21(24-20)25-29(26,27)16-9-7-8-15(22)12-16/h5-14H,4,22H2,1-3H3,(H,23,24,25). The van der Waals surface area contributed by atoms with Crippen LogP contribution in [0.15, 0.2) is 59.5 Å². The Morgan fingerprint density at radius 3 is 2.52 bits per heavy atom. The average molecular weight is 413 g/mol. The molecule has 0 bridgehead atoms. The summed E-state index contributed by atoms with van der Waals surface area (Å²) in [5, 5.41) is 0. The number of sulfonamides is 1. The van der Waals surface area contributed by atoms with Crippen LogP contribution in [0, 0.1) is 0 Å². The molecule has 0 spiro atoms. The molecule has 2 aromatic carbocycles. The Morgan fingerprint density at radius 2 is 1.83 bits per heavy atom. The van der Waals surface area contributed by atoms with Crippen LogP contribution >= 0.6 is 0 Å². The van der Waals surface area contributed by atoms with Crippen molar-refractivity contribution in [2.75, 3.05) is 17.1 Å². The highest BCUT2D eigenvalue weighted by Gasteiger charge is 2.19. The fourth-order valence-corrected chi connectivity index (χ4v) is 3.92. The van der Waals surface area contributed by atoms with E-state index in [0.29, 0.717) is 23.9 Å². The first-order valence-corrected chi connectivity index (χ1v) is 10.8. The minimum Gasteiger partial charge on any atom is -0.478 e. The molecule has 3 N–H and O–H groups in total. The van der Waals surface area contributed by atoms with Gasteiger partial charge in [-0.1, -0.05) is 44.2 Å². The number of aromatic nitrogens is 2. The van der Waals surface area contributed by atoms with Gasteiger partial charge < -0.3 is 10.5 Å². The van der Waals surface area contributed by atoms with Gasteiger partial charge in [0.05, 0.1) is 17.2 Å². The molecule has 0 aliphatic rings. The monoisotopic (exact) mass is 412 g/mol. The van der Waals surface area contributed by atoms with Crippen LogP contribution in [0.4, 0.5) is 11.6 Å². The van der Waals surface area contributed by atoms with Gasteiger partial charge in [-0.2, -0.15) is 4.98 Å². The number of nitrogens with zero attached hydrogens (tertiary/aromatic N) is 2. The molecule has 3 aromatic rings. The van der Waals surface area contributed by atoms with Gasteiger partial charge >= 0.3 is 0 Å². The second-order valence-electron chi connectivity index (χ2n) is 6.77. The van der Waals surface area contributed by atoms with Gasteiger partial charge in [-0.05, 0) is 36.6 Å². The van der Waals surface area contributed by atoms with Gasteiger partial charge in [0.1, 0.15) is 0 Å². The number of nitrogen functional groups attached to an aromatic ring is 1. The molecule has 0 aliphatic carbocycles. The van der Waals surface area contributed by atoms with Crippen molar-refractivity contribution in [2.24, 2.45) is 0 Å². The van der Waals surface area contributed by atoms with Crippen LogP contribution in [-0.2, 0) is 10.0 Å². The van der Waals surface area contributed by atoms with Crippen molar-refractivity contribution in [3.63, 3.8) is 0 Å². The lowest BCUT2D eigenvalue weighted by Crippen LogP contribution is -2.16. The molecule has 0 aliphatic heterocycles. The zero-order valence-electron chi connectivity index (χ0n) is 16.6. The topological polar surface area (TPSA) is 107 Å². The Labute approximate surface area is 171 Å². The number of nitrogens with two attached hydrogens (primary N) is 1. The van der Waals surface area contributed by atoms with E-state index in [1.54, 1.807) is 18.2 Å². The minimum atomic E-state index is -3.90. The lowest BCUT2D eigenvalue weighted by atomic mass is 9.95. The molecule has 7 nitrogen and oxygen atoms in total. The number of ether oxygens (including phenoxy) is 1. The first-order valence-electron chi connectivity index (χ1n) is 9.29. The highest BCUT2D eigenvalue weighted by Crippen LogP contribution is 2.30. The van der Waals surface area contributed by atoms with Gasteiger partial charge in [-0.15, -0.1) is 0 Å². The smallest absolute Gasteiger partial charge is 0.264 e. The maximum absolute atomic E-state index is 12.8. The maximum Gasteiger partial charge on any atom is 0.264 e. The first-order chi connectivity index (χ1) is 13.8. The Balaban J connectivity index is 2.07. The number of nitrogens with one attached hydrogen (secondary N) is 1. The summed E-state index contributed by atoms with van der Waals surface area (Å²) < 4.78 is 33.5. The SMILES string of the molecule is CCOc1cc(-c2ccccc2C(C)C)nc(NS(=O)(=O)c2cccc(N)c2)n1. The summed E-state index contributed by atoms with van der Waals surface area (Å²) in [4.78, 5) is 8.69. The van der Waals surface area contributed by atoms with E-state index in [9.17, 15) is 8.42 Å². The van der Waals surface area contributed by atoms with Crippen molar-refractivity contribution in [2.45, 2.75) is 31.6 Å². The van der Waals surface area contributed by atoms with Crippen LogP contribution in [-0.4, -0.2) is 25.0 Å². The first kappa shape index (κ1) is 20.6. The van der Waals surface area contributed by atoms with E-state index in [1.807, 2.05) is 31.2 Å². The van der Waals surface area contributed by atoms with E-state index < -0.39 is 10.0 Å². The normalized spacial score (nSPS) is 11.4. The summed E-state index contributed by atoms with van der Waals surface area (Å²) in [5.74, 6) is 0.498. The van der Waals surface area contributed by atoms with Crippen LogP contribution in [0.2, 0.25) is 0 Å². The minimum absolute atomic E-state index is 0.0343. The van der Waals surface area contributed by atoms with E-state index in [0.717, 1.165) is 11.1 Å². The summed E-state index contributed by atoms with van der Waals surface area (Å²) in [6, 6.07) is 15.6. The van der Waals surface area contributed by atoms with Crippen LogP contribution in [0.5, 0.6) is 5.88 Å². The number of benzene rings is 2. The molecule has 0 fully saturated rings. The van der Waals surface area contributed by atoms with Crippen molar-refractivity contribution < 1.29 is 13.2 Å². The molecule has 29 heavy (non-hydrogen) atoms. The number of anilines is 2. The zero-order valence-corrected chi connectivity index (χ0v) is 17.4. The van der Waals surface area contributed by atoms with Crippen LogP contribution in [0.1, 0.15) is 32.3 Å². The van der Waals surface area contributed by atoms with Gasteiger partial charge in [-0.25, -0.2) is 18.1 Å². The van der Waals surface area contributed by atoms with Crippen molar-refractivity contribution in [1.29, 1.82) is 0 Å². The summed E-state index contributed by atoms with van der Waals surface area (Å²) in [6.45, 7) is 6.41. The predicted molar refractivity (Wildman–Crippen MR) is 114 cm³/mol. The van der Waals surface area contributed by atoms with Gasteiger partial charge in [0.2, 0.25) is 11.8 Å². The lowest BCUT2D eigenvalue weighted by Gasteiger charge is -2.14. The number of hydrogen-bond donors (Lipinski definition) is 2. The van der Waals surface area contributed by atoms with Crippen LogP contribution in [0.3, 0.4) is 0 Å². The molecule has 0 radical (unpaired) electrons. The maximum atomic E-state index is 12.8. The average Bonchev–Trinajstić information content (AvgIpc) is 2.67. The fourth-order valence-electron chi connectivity index (χ4n) is 2.92. The summed E-state index contributed by atoms with van der Waals surface area (Å²) in [6.07, 6.45) is 0. The molecular formula is C21H24N4O3S. The highest BCUT2D eigenvalue weighted by molar-refractivity contribution is 7.92. The van der Waals surface area contributed by atoms with Gasteiger partial charge in [0.25, 0.3) is 10.0 Å². The zero-order chi connectivity index (χ0) is 21.0. The molecule has 0 unspecified atom stereocenters. The van der Waals surface area contributed by atoms with Crippen molar-refractivity contribution in [3.05, 3.63) is 60.2 Å². The third-order valence-corrected chi connectivity index (χ3v) is 5.57. The van der Waals surface area contributed by atoms with Crippen LogP contribution in [0.25, 0.3) is 11.3 Å². The van der Waals surface area contributed by atoms with Gasteiger partial charge in [0, 0.05) is 17.3 Å². The molecule has 0 atom stereocenters. The second kappa shape index (κ2) is 8.48. The fraction of sp³-hybridized carbons (Fsp3) is 0.238. The number of rotatable bonds is 7. The molecule has 3 rings (SSSR count). The molecular weight excluding hydrogens is 388 g/mol. The van der Waals surface area contributed by atoms with Gasteiger partial charge in [-0.3, -0.25) is 0 Å². The quantitative estimate of drug-likeness (QED) is 0.567. The second-order valence-corrected chi connectivity index (χ2v) is 8.45. The summed E-state index contributed by atoms with van der Waals surface area (Å²) >= 11 is 0. The Kier molecular flexibility index (Phi) is 6.03. The predicted octanol–water partition coefficient (Wildman–Crippen LogP) is 4.05. The van der Waals surface area contributed by atoms with E-state index in [2.05, 4.69) is 28.5 Å². The van der Waals surface area contributed by atoms with Crippen molar-refractivity contribution in [1.82, 2.24) is 9.97 Å². The number of hydrogen-bond acceptors (Lipinski definition) is 6. The summed E-state index contributed by atoms with van der Waals surface area (Å²) in [7, 11) is -3.90. The molecule has 1 heterocycles. The third-order valence-electron chi connectivity index (χ3n) is 4.25. The van der Waals surface area contributed by atoms with E-state index in [-0.39, 0.29) is 16.8 Å². The highest BCUT2D eigenvalue weighted by atomic mass is 32.2. The molecule has 0 saturated heterocycles. The third kappa shape index (κ3) is 4.83.